The molecule has 2 aromatic carbocycles. The molecule has 0 radical (unpaired) electrons. The zero-order valence-electron chi connectivity index (χ0n) is 16.9. The number of benzene rings is 2. The van der Waals surface area contributed by atoms with Crippen molar-refractivity contribution in [1.82, 2.24) is 0 Å². The van der Waals surface area contributed by atoms with E-state index in [-0.39, 0.29) is 18.1 Å². The summed E-state index contributed by atoms with van der Waals surface area (Å²) in [6, 6.07) is 16.9. The standard InChI is InChI=1S/C24H27BrO4S/c25-20-7-2-1-4-17(20)8-9-21(30-16-24(10-11-24)15-22(26)27)18-5-3-6-19(14-18)23-28-12-13-29-23/h1-7,14,21,23H,8-13,15-16H2,(H,26,27). The molecular weight excluding hydrogens is 464 g/mol. The molecule has 30 heavy (non-hydrogen) atoms. The van der Waals surface area contributed by atoms with Gasteiger partial charge in [0.1, 0.15) is 0 Å². The van der Waals surface area contributed by atoms with Gasteiger partial charge in [0.05, 0.1) is 19.6 Å². The Bertz CT molecular complexity index is 877. The molecule has 6 heteroatoms. The first-order valence-corrected chi connectivity index (χ1v) is 12.3. The molecule has 0 bridgehead atoms. The van der Waals surface area contributed by atoms with Crippen LogP contribution in [0.3, 0.4) is 0 Å². The Morgan fingerprint density at radius 3 is 2.63 bits per heavy atom. The second-order valence-electron chi connectivity index (χ2n) is 8.24. The number of carboxylic acid groups (broad SMARTS) is 1. The van der Waals surface area contributed by atoms with Gasteiger partial charge in [0.2, 0.25) is 0 Å². The Balaban J connectivity index is 1.50. The van der Waals surface area contributed by atoms with E-state index in [2.05, 4.69) is 58.4 Å². The van der Waals surface area contributed by atoms with Crippen LogP contribution >= 0.6 is 27.7 Å². The van der Waals surface area contributed by atoms with Crippen LogP contribution in [-0.4, -0.2) is 30.0 Å². The molecule has 1 unspecified atom stereocenters. The number of halogens is 1. The number of carbonyl (C=O) groups is 1. The molecule has 1 aliphatic heterocycles. The number of hydrogen-bond acceptors (Lipinski definition) is 4. The van der Waals surface area contributed by atoms with Gasteiger partial charge in [0, 0.05) is 21.0 Å². The van der Waals surface area contributed by atoms with E-state index in [0.29, 0.717) is 18.5 Å². The molecular formula is C24H27BrO4S. The third-order valence-electron chi connectivity index (χ3n) is 5.88. The zero-order valence-corrected chi connectivity index (χ0v) is 19.3. The van der Waals surface area contributed by atoms with Crippen molar-refractivity contribution in [3.8, 4) is 0 Å². The maximum Gasteiger partial charge on any atom is 0.303 e. The highest BCUT2D eigenvalue weighted by Crippen LogP contribution is 2.53. The molecule has 1 saturated carbocycles. The van der Waals surface area contributed by atoms with Crippen LogP contribution in [0.25, 0.3) is 0 Å². The van der Waals surface area contributed by atoms with Gasteiger partial charge < -0.3 is 14.6 Å². The quantitative estimate of drug-likeness (QED) is 0.432. The Labute approximate surface area is 190 Å². The van der Waals surface area contributed by atoms with Gasteiger partial charge in [-0.2, -0.15) is 11.8 Å². The monoisotopic (exact) mass is 490 g/mol. The number of thioether (sulfide) groups is 1. The lowest BCUT2D eigenvalue weighted by atomic mass is 10.0. The summed E-state index contributed by atoms with van der Waals surface area (Å²) in [5.41, 5.74) is 3.60. The van der Waals surface area contributed by atoms with Crippen molar-refractivity contribution >= 4 is 33.7 Å². The van der Waals surface area contributed by atoms with Crippen LogP contribution in [0.15, 0.2) is 53.0 Å². The van der Waals surface area contributed by atoms with Crippen molar-refractivity contribution in [1.29, 1.82) is 0 Å². The molecule has 1 heterocycles. The van der Waals surface area contributed by atoms with E-state index in [1.165, 1.54) is 11.1 Å². The number of ether oxygens (including phenoxy) is 2. The van der Waals surface area contributed by atoms with Gasteiger partial charge in [-0.1, -0.05) is 52.3 Å². The molecule has 1 aliphatic carbocycles. The normalized spacial score (nSPS) is 19.0. The van der Waals surface area contributed by atoms with Crippen LogP contribution in [0.5, 0.6) is 0 Å². The van der Waals surface area contributed by atoms with Gasteiger partial charge in [-0.15, -0.1) is 0 Å². The highest BCUT2D eigenvalue weighted by atomic mass is 79.9. The molecule has 2 aliphatic rings. The van der Waals surface area contributed by atoms with E-state index < -0.39 is 5.97 Å². The average molecular weight is 491 g/mol. The number of aryl methyl sites for hydroxylation is 1. The lowest BCUT2D eigenvalue weighted by Gasteiger charge is -2.22. The second-order valence-corrected chi connectivity index (χ2v) is 10.3. The third-order valence-corrected chi connectivity index (χ3v) is 8.35. The number of hydrogen-bond donors (Lipinski definition) is 1. The first kappa shape index (κ1) is 21.9. The van der Waals surface area contributed by atoms with E-state index in [1.807, 2.05) is 17.8 Å². The van der Waals surface area contributed by atoms with Gasteiger partial charge in [0.25, 0.3) is 0 Å². The minimum absolute atomic E-state index is 0.0165. The number of aliphatic carboxylic acids is 1. The molecule has 0 amide bonds. The highest BCUT2D eigenvalue weighted by Gasteiger charge is 2.44. The first-order chi connectivity index (χ1) is 14.5. The van der Waals surface area contributed by atoms with Crippen molar-refractivity contribution in [3.05, 3.63) is 69.7 Å². The van der Waals surface area contributed by atoms with Crippen molar-refractivity contribution < 1.29 is 19.4 Å². The van der Waals surface area contributed by atoms with Crippen molar-refractivity contribution in [2.75, 3.05) is 19.0 Å². The van der Waals surface area contributed by atoms with Gasteiger partial charge in [0.15, 0.2) is 6.29 Å². The molecule has 0 spiro atoms. The zero-order chi connectivity index (χ0) is 21.0. The average Bonchev–Trinajstić information content (AvgIpc) is 3.26. The summed E-state index contributed by atoms with van der Waals surface area (Å²) >= 11 is 5.56. The molecule has 4 rings (SSSR count). The Hall–Kier alpha value is -1.34. The molecule has 1 N–H and O–H groups in total. The van der Waals surface area contributed by atoms with Crippen LogP contribution in [0.2, 0.25) is 0 Å². The SMILES string of the molecule is O=C(O)CC1(CSC(CCc2ccccc2Br)c2cccc(C3OCCO3)c2)CC1. The highest BCUT2D eigenvalue weighted by molar-refractivity contribution is 9.10. The van der Waals surface area contributed by atoms with Crippen LogP contribution in [0.1, 0.15) is 53.9 Å². The molecule has 2 fully saturated rings. The smallest absolute Gasteiger partial charge is 0.303 e. The molecule has 0 aromatic heterocycles. The molecule has 160 valence electrons. The van der Waals surface area contributed by atoms with Crippen molar-refractivity contribution in [3.63, 3.8) is 0 Å². The summed E-state index contributed by atoms with van der Waals surface area (Å²) in [6.07, 6.45) is 4.00. The topological polar surface area (TPSA) is 55.8 Å². The van der Waals surface area contributed by atoms with Crippen molar-refractivity contribution in [2.24, 2.45) is 5.41 Å². The summed E-state index contributed by atoms with van der Waals surface area (Å²) in [6.45, 7) is 1.26. The summed E-state index contributed by atoms with van der Waals surface area (Å²) < 4.78 is 12.5. The predicted molar refractivity (Wildman–Crippen MR) is 123 cm³/mol. The van der Waals surface area contributed by atoms with E-state index >= 15 is 0 Å². The van der Waals surface area contributed by atoms with Gasteiger partial charge >= 0.3 is 5.97 Å². The fraction of sp³-hybridized carbons (Fsp3) is 0.458. The molecule has 1 saturated heterocycles. The third kappa shape index (κ3) is 5.67. The van der Waals surface area contributed by atoms with Gasteiger partial charge in [-0.05, 0) is 54.4 Å². The minimum Gasteiger partial charge on any atom is -0.481 e. The predicted octanol–water partition coefficient (Wildman–Crippen LogP) is 6.16. The summed E-state index contributed by atoms with van der Waals surface area (Å²) in [5.74, 6) is 0.205. The largest absolute Gasteiger partial charge is 0.481 e. The number of rotatable bonds is 10. The number of carboxylic acids is 1. The molecule has 2 aromatic rings. The second kappa shape index (κ2) is 9.86. The first-order valence-electron chi connectivity index (χ1n) is 10.4. The minimum atomic E-state index is -0.685. The fourth-order valence-corrected chi connectivity index (χ4v) is 5.99. The van der Waals surface area contributed by atoms with E-state index in [0.717, 1.165) is 41.5 Å². The van der Waals surface area contributed by atoms with Crippen LogP contribution < -0.4 is 0 Å². The summed E-state index contributed by atoms with van der Waals surface area (Å²) in [4.78, 5) is 11.3. The Kier molecular flexibility index (Phi) is 7.19. The van der Waals surface area contributed by atoms with Crippen LogP contribution in [0, 0.1) is 5.41 Å². The van der Waals surface area contributed by atoms with E-state index in [9.17, 15) is 9.90 Å². The lowest BCUT2D eigenvalue weighted by Crippen LogP contribution is -2.12. The maximum atomic E-state index is 11.3. The molecule has 1 atom stereocenters. The lowest BCUT2D eigenvalue weighted by molar-refractivity contribution is -0.138. The fourth-order valence-electron chi connectivity index (χ4n) is 3.94. The Morgan fingerprint density at radius 1 is 1.17 bits per heavy atom. The summed E-state index contributed by atoms with van der Waals surface area (Å²) in [7, 11) is 0. The van der Waals surface area contributed by atoms with Gasteiger partial charge in [-0.3, -0.25) is 4.79 Å². The summed E-state index contributed by atoms with van der Waals surface area (Å²) in [5, 5.41) is 9.57. The van der Waals surface area contributed by atoms with Crippen LogP contribution in [0.4, 0.5) is 0 Å². The van der Waals surface area contributed by atoms with Crippen LogP contribution in [-0.2, 0) is 20.7 Å². The van der Waals surface area contributed by atoms with Crippen molar-refractivity contribution in [2.45, 2.75) is 43.6 Å². The molecule has 4 nitrogen and oxygen atoms in total. The van der Waals surface area contributed by atoms with E-state index in [1.54, 1.807) is 0 Å². The maximum absolute atomic E-state index is 11.3. The Morgan fingerprint density at radius 2 is 1.93 bits per heavy atom. The van der Waals surface area contributed by atoms with E-state index in [4.69, 9.17) is 9.47 Å². The van der Waals surface area contributed by atoms with Gasteiger partial charge in [-0.25, -0.2) is 0 Å².